The summed E-state index contributed by atoms with van der Waals surface area (Å²) in [7, 11) is 0. The van der Waals surface area contributed by atoms with E-state index < -0.39 is 16.6 Å². The maximum absolute atomic E-state index is 10.9. The van der Waals surface area contributed by atoms with Crippen LogP contribution in [0.1, 0.15) is 15.2 Å². The molecule has 0 bridgehead atoms. The maximum Gasteiger partial charge on any atom is 0.348 e. The third-order valence-electron chi connectivity index (χ3n) is 2.19. The number of pyridine rings is 1. The predicted octanol–water partition coefficient (Wildman–Crippen LogP) is 2.41. The molecule has 2 aromatic rings. The van der Waals surface area contributed by atoms with E-state index in [0.29, 0.717) is 0 Å². The van der Waals surface area contributed by atoms with Gasteiger partial charge in [0.05, 0.1) is 4.92 Å². The van der Waals surface area contributed by atoms with E-state index in [0.717, 1.165) is 11.3 Å². The molecule has 2 rings (SSSR count). The molecule has 0 aliphatic rings. The number of aromatic nitrogens is 1. The summed E-state index contributed by atoms with van der Waals surface area (Å²) in [5.74, 6) is -1.38. The summed E-state index contributed by atoms with van der Waals surface area (Å²) in [6.45, 7) is 0. The molecule has 8 nitrogen and oxygen atoms in total. The summed E-state index contributed by atoms with van der Waals surface area (Å²) in [6.07, 6.45) is 1.20. The van der Waals surface area contributed by atoms with Gasteiger partial charge in [0.1, 0.15) is 22.3 Å². The number of aromatic carboxylic acids is 1. The highest BCUT2D eigenvalue weighted by Crippen LogP contribution is 2.33. The maximum atomic E-state index is 10.9. The molecule has 0 fully saturated rings. The van der Waals surface area contributed by atoms with Crippen molar-refractivity contribution in [2.45, 2.75) is 0 Å². The Bertz CT molecular complexity index is 734. The van der Waals surface area contributed by atoms with E-state index in [1.807, 2.05) is 0 Å². The molecule has 0 spiro atoms. The molecule has 0 aliphatic heterocycles. The van der Waals surface area contributed by atoms with Gasteiger partial charge in [0, 0.05) is 17.6 Å². The number of nitrogens with zero attached hydrogens (tertiary/aromatic N) is 3. The monoisotopic (exact) mass is 291 g/mol. The van der Waals surface area contributed by atoms with Crippen molar-refractivity contribution in [3.05, 3.63) is 44.3 Å². The van der Waals surface area contributed by atoms with E-state index in [1.54, 1.807) is 6.07 Å². The van der Waals surface area contributed by atoms with Crippen molar-refractivity contribution in [1.82, 2.24) is 4.98 Å². The fourth-order valence-electron chi connectivity index (χ4n) is 1.37. The standard InChI is InChI=1S/C11H5N3O5S/c12-4-6-1-2-13-10(9(6)14(17)18)19-7-3-8(11(15)16)20-5-7/h1-3,5H,(H,15,16). The number of ether oxygens (including phenoxy) is 1. The van der Waals surface area contributed by atoms with Crippen LogP contribution in [0.3, 0.4) is 0 Å². The molecule has 0 aliphatic carbocycles. The third kappa shape index (κ3) is 2.55. The Balaban J connectivity index is 2.40. The van der Waals surface area contributed by atoms with Crippen molar-refractivity contribution in [2.24, 2.45) is 0 Å². The van der Waals surface area contributed by atoms with E-state index >= 15 is 0 Å². The number of nitriles is 1. The van der Waals surface area contributed by atoms with Crippen molar-refractivity contribution in [3.8, 4) is 17.7 Å². The van der Waals surface area contributed by atoms with Crippen LogP contribution < -0.4 is 4.74 Å². The second-order valence-corrected chi connectivity index (χ2v) is 4.35. The number of carboxylic acid groups (broad SMARTS) is 1. The minimum atomic E-state index is -1.13. The molecule has 0 unspecified atom stereocenters. The van der Waals surface area contributed by atoms with Crippen LogP contribution in [0.15, 0.2) is 23.7 Å². The van der Waals surface area contributed by atoms with Gasteiger partial charge < -0.3 is 9.84 Å². The van der Waals surface area contributed by atoms with Gasteiger partial charge in [-0.2, -0.15) is 5.26 Å². The Labute approximate surface area is 115 Å². The average molecular weight is 291 g/mol. The molecule has 9 heteroatoms. The molecular weight excluding hydrogens is 286 g/mol. The number of thiophene rings is 1. The van der Waals surface area contributed by atoms with E-state index in [2.05, 4.69) is 4.98 Å². The minimum absolute atomic E-state index is 0.0269. The summed E-state index contributed by atoms with van der Waals surface area (Å²) in [6, 6.07) is 4.09. The zero-order valence-corrected chi connectivity index (χ0v) is 10.5. The zero-order valence-electron chi connectivity index (χ0n) is 9.64. The van der Waals surface area contributed by atoms with Crippen molar-refractivity contribution < 1.29 is 19.6 Å². The van der Waals surface area contributed by atoms with Crippen LogP contribution in [0.25, 0.3) is 0 Å². The van der Waals surface area contributed by atoms with Crippen molar-refractivity contribution in [2.75, 3.05) is 0 Å². The van der Waals surface area contributed by atoms with Gasteiger partial charge >= 0.3 is 17.5 Å². The predicted molar refractivity (Wildman–Crippen MR) is 67.0 cm³/mol. The van der Waals surface area contributed by atoms with Crippen LogP contribution in [0.5, 0.6) is 11.6 Å². The largest absolute Gasteiger partial charge is 0.477 e. The smallest absolute Gasteiger partial charge is 0.348 e. The fourth-order valence-corrected chi connectivity index (χ4v) is 2.02. The van der Waals surface area contributed by atoms with Crippen molar-refractivity contribution in [3.63, 3.8) is 0 Å². The van der Waals surface area contributed by atoms with Gasteiger partial charge in [0.15, 0.2) is 0 Å². The number of nitro groups is 1. The van der Waals surface area contributed by atoms with E-state index in [4.69, 9.17) is 15.1 Å². The van der Waals surface area contributed by atoms with Gasteiger partial charge in [-0.1, -0.05) is 0 Å². The molecule has 0 amide bonds. The number of hydrogen-bond acceptors (Lipinski definition) is 7. The van der Waals surface area contributed by atoms with Gasteiger partial charge in [-0.25, -0.2) is 9.78 Å². The first-order chi connectivity index (χ1) is 9.52. The van der Waals surface area contributed by atoms with E-state index in [1.165, 1.54) is 23.7 Å². The van der Waals surface area contributed by atoms with Crippen LogP contribution in [0, 0.1) is 21.4 Å². The SMILES string of the molecule is N#Cc1ccnc(Oc2csc(C(=O)O)c2)c1[N+](=O)[O-]. The average Bonchev–Trinajstić information content (AvgIpc) is 2.86. The first kappa shape index (κ1) is 13.4. The first-order valence-electron chi connectivity index (χ1n) is 5.06. The van der Waals surface area contributed by atoms with Crippen LogP contribution in [-0.2, 0) is 0 Å². The summed E-state index contributed by atoms with van der Waals surface area (Å²) >= 11 is 0.914. The van der Waals surface area contributed by atoms with Gasteiger partial charge in [-0.05, 0) is 6.07 Å². The normalized spacial score (nSPS) is 9.75. The molecular formula is C11H5N3O5S. The highest BCUT2D eigenvalue weighted by Gasteiger charge is 2.23. The van der Waals surface area contributed by atoms with E-state index in [-0.39, 0.29) is 22.1 Å². The lowest BCUT2D eigenvalue weighted by molar-refractivity contribution is -0.386. The van der Waals surface area contributed by atoms with Crippen LogP contribution in [-0.4, -0.2) is 21.0 Å². The van der Waals surface area contributed by atoms with Crippen molar-refractivity contribution >= 4 is 23.0 Å². The van der Waals surface area contributed by atoms with Gasteiger partial charge in [0.2, 0.25) is 0 Å². The van der Waals surface area contributed by atoms with Gasteiger partial charge in [-0.3, -0.25) is 10.1 Å². The number of hydrogen-bond donors (Lipinski definition) is 1. The lowest BCUT2D eigenvalue weighted by Crippen LogP contribution is -1.98. The van der Waals surface area contributed by atoms with Gasteiger partial charge in [-0.15, -0.1) is 11.3 Å². The number of rotatable bonds is 4. The van der Waals surface area contributed by atoms with Crippen LogP contribution in [0.2, 0.25) is 0 Å². The molecule has 2 aromatic heterocycles. The summed E-state index contributed by atoms with van der Waals surface area (Å²) in [4.78, 5) is 24.6. The Morgan fingerprint density at radius 1 is 1.60 bits per heavy atom. The summed E-state index contributed by atoms with van der Waals surface area (Å²) in [5.41, 5.74) is -0.744. The number of carbonyl (C=O) groups is 1. The van der Waals surface area contributed by atoms with Crippen LogP contribution >= 0.6 is 11.3 Å². The molecule has 2 heterocycles. The second-order valence-electron chi connectivity index (χ2n) is 3.44. The van der Waals surface area contributed by atoms with Crippen molar-refractivity contribution in [1.29, 1.82) is 5.26 Å². The van der Waals surface area contributed by atoms with Gasteiger partial charge in [0.25, 0.3) is 0 Å². The molecule has 0 atom stereocenters. The molecule has 0 saturated carbocycles. The molecule has 100 valence electrons. The highest BCUT2D eigenvalue weighted by molar-refractivity contribution is 7.12. The summed E-state index contributed by atoms with van der Waals surface area (Å²) < 4.78 is 5.19. The Hall–Kier alpha value is -2.99. The lowest BCUT2D eigenvalue weighted by Gasteiger charge is -2.03. The molecule has 0 saturated heterocycles. The Morgan fingerprint density at radius 3 is 2.90 bits per heavy atom. The van der Waals surface area contributed by atoms with Crippen LogP contribution in [0.4, 0.5) is 5.69 Å². The Morgan fingerprint density at radius 2 is 2.35 bits per heavy atom. The topological polar surface area (TPSA) is 126 Å². The molecule has 20 heavy (non-hydrogen) atoms. The minimum Gasteiger partial charge on any atom is -0.477 e. The quantitative estimate of drug-likeness (QED) is 0.676. The lowest BCUT2D eigenvalue weighted by atomic mass is 10.2. The molecule has 0 aromatic carbocycles. The molecule has 1 N–H and O–H groups in total. The molecule has 0 radical (unpaired) electrons. The third-order valence-corrected chi connectivity index (χ3v) is 3.09. The second kappa shape index (κ2) is 5.33. The van der Waals surface area contributed by atoms with E-state index in [9.17, 15) is 14.9 Å². The fraction of sp³-hybridized carbons (Fsp3) is 0. The Kier molecular flexibility index (Phi) is 3.58. The first-order valence-corrected chi connectivity index (χ1v) is 5.94. The summed E-state index contributed by atoms with van der Waals surface area (Å²) in [5, 5.41) is 29.9. The number of carboxylic acids is 1. The highest BCUT2D eigenvalue weighted by atomic mass is 32.1. The zero-order chi connectivity index (χ0) is 14.7.